The van der Waals surface area contributed by atoms with Crippen LogP contribution in [0.15, 0.2) is 12.1 Å². The van der Waals surface area contributed by atoms with Crippen molar-refractivity contribution in [3.63, 3.8) is 0 Å². The highest BCUT2D eigenvalue weighted by molar-refractivity contribution is 7.16. The van der Waals surface area contributed by atoms with E-state index in [0.29, 0.717) is 6.61 Å². The number of halogens is 1. The SMILES string of the molecule is CCOC1(C(N)Cc2ccc(Cl)s2)CCOCC1. The van der Waals surface area contributed by atoms with Crippen molar-refractivity contribution < 1.29 is 9.47 Å². The molecule has 2 rings (SSSR count). The van der Waals surface area contributed by atoms with E-state index < -0.39 is 0 Å². The van der Waals surface area contributed by atoms with E-state index in [1.165, 1.54) is 4.88 Å². The minimum Gasteiger partial charge on any atom is -0.381 e. The summed E-state index contributed by atoms with van der Waals surface area (Å²) in [4.78, 5) is 1.22. The summed E-state index contributed by atoms with van der Waals surface area (Å²) in [6.45, 7) is 4.18. The average molecular weight is 290 g/mol. The van der Waals surface area contributed by atoms with Crippen molar-refractivity contribution in [1.82, 2.24) is 0 Å². The Bertz CT molecular complexity index is 371. The lowest BCUT2D eigenvalue weighted by molar-refractivity contribution is -0.120. The summed E-state index contributed by atoms with van der Waals surface area (Å²) < 4.78 is 12.2. The molecule has 1 aliphatic rings. The molecule has 0 aromatic carbocycles. The highest BCUT2D eigenvalue weighted by Crippen LogP contribution is 2.31. The Morgan fingerprint density at radius 2 is 2.22 bits per heavy atom. The molecule has 0 radical (unpaired) electrons. The normalized spacial score (nSPS) is 20.8. The monoisotopic (exact) mass is 289 g/mol. The number of thiophene rings is 1. The summed E-state index contributed by atoms with van der Waals surface area (Å²) in [5.41, 5.74) is 6.16. The summed E-state index contributed by atoms with van der Waals surface area (Å²) >= 11 is 7.55. The molecule has 1 saturated heterocycles. The first kappa shape index (κ1) is 14.3. The zero-order chi connectivity index (χ0) is 13.0. The van der Waals surface area contributed by atoms with Crippen LogP contribution in [0.3, 0.4) is 0 Å². The maximum Gasteiger partial charge on any atom is 0.0931 e. The Balaban J connectivity index is 2.05. The minimum absolute atomic E-state index is 0.00364. The van der Waals surface area contributed by atoms with E-state index in [2.05, 4.69) is 0 Å². The van der Waals surface area contributed by atoms with Gasteiger partial charge in [-0.25, -0.2) is 0 Å². The molecule has 1 aliphatic heterocycles. The molecule has 1 aromatic heterocycles. The summed E-state index contributed by atoms with van der Waals surface area (Å²) in [6, 6.07) is 3.97. The second-order valence-corrected chi connectivity index (χ2v) is 6.43. The van der Waals surface area contributed by atoms with Crippen molar-refractivity contribution in [2.75, 3.05) is 19.8 Å². The smallest absolute Gasteiger partial charge is 0.0931 e. The lowest BCUT2D eigenvalue weighted by Gasteiger charge is -2.41. The van der Waals surface area contributed by atoms with Crippen molar-refractivity contribution in [1.29, 1.82) is 0 Å². The largest absolute Gasteiger partial charge is 0.381 e. The van der Waals surface area contributed by atoms with Crippen LogP contribution in [0.25, 0.3) is 0 Å². The molecule has 18 heavy (non-hydrogen) atoms. The highest BCUT2D eigenvalue weighted by atomic mass is 35.5. The number of rotatable bonds is 5. The molecular formula is C13H20ClNO2S. The van der Waals surface area contributed by atoms with Gasteiger partial charge in [-0.2, -0.15) is 0 Å². The summed E-state index contributed by atoms with van der Waals surface area (Å²) in [5.74, 6) is 0. The van der Waals surface area contributed by atoms with E-state index in [1.807, 2.05) is 19.1 Å². The maximum absolute atomic E-state index is 6.39. The first-order valence-electron chi connectivity index (χ1n) is 6.38. The Labute approximate surface area is 117 Å². The van der Waals surface area contributed by atoms with Crippen LogP contribution >= 0.6 is 22.9 Å². The zero-order valence-electron chi connectivity index (χ0n) is 10.7. The van der Waals surface area contributed by atoms with Gasteiger partial charge in [-0.1, -0.05) is 11.6 Å². The fourth-order valence-electron chi connectivity index (χ4n) is 2.49. The number of hydrogen-bond acceptors (Lipinski definition) is 4. The predicted molar refractivity (Wildman–Crippen MR) is 75.4 cm³/mol. The van der Waals surface area contributed by atoms with Crippen LogP contribution in [0.2, 0.25) is 4.34 Å². The fourth-order valence-corrected chi connectivity index (χ4v) is 3.64. The van der Waals surface area contributed by atoms with Crippen molar-refractivity contribution in [3.8, 4) is 0 Å². The maximum atomic E-state index is 6.39. The molecule has 5 heteroatoms. The Kier molecular flexibility index (Phi) is 5.04. The number of hydrogen-bond donors (Lipinski definition) is 1. The van der Waals surface area contributed by atoms with Gasteiger partial charge in [-0.15, -0.1) is 11.3 Å². The topological polar surface area (TPSA) is 44.5 Å². The molecule has 0 amide bonds. The average Bonchev–Trinajstić information content (AvgIpc) is 2.76. The van der Waals surface area contributed by atoms with Crippen molar-refractivity contribution >= 4 is 22.9 Å². The van der Waals surface area contributed by atoms with Gasteiger partial charge in [0.2, 0.25) is 0 Å². The first-order valence-corrected chi connectivity index (χ1v) is 7.57. The molecule has 0 bridgehead atoms. The molecule has 0 aliphatic carbocycles. The number of nitrogens with two attached hydrogens (primary N) is 1. The molecular weight excluding hydrogens is 270 g/mol. The van der Waals surface area contributed by atoms with E-state index in [4.69, 9.17) is 26.8 Å². The van der Waals surface area contributed by atoms with E-state index >= 15 is 0 Å². The second-order valence-electron chi connectivity index (χ2n) is 4.63. The molecule has 2 N–H and O–H groups in total. The molecule has 1 fully saturated rings. The minimum atomic E-state index is -0.233. The van der Waals surface area contributed by atoms with Gasteiger partial charge in [0.15, 0.2) is 0 Å². The predicted octanol–water partition coefficient (Wildman–Crippen LogP) is 2.86. The van der Waals surface area contributed by atoms with Crippen LogP contribution in [-0.2, 0) is 15.9 Å². The zero-order valence-corrected chi connectivity index (χ0v) is 12.2. The van der Waals surface area contributed by atoms with Gasteiger partial charge in [0.05, 0.1) is 9.94 Å². The summed E-state index contributed by atoms with van der Waals surface area (Å²) in [7, 11) is 0. The quantitative estimate of drug-likeness (QED) is 0.906. The van der Waals surface area contributed by atoms with Crippen LogP contribution in [0.5, 0.6) is 0 Å². The van der Waals surface area contributed by atoms with E-state index in [1.54, 1.807) is 11.3 Å². The lowest BCUT2D eigenvalue weighted by Crippen LogP contribution is -2.54. The van der Waals surface area contributed by atoms with Gasteiger partial charge in [-0.3, -0.25) is 0 Å². The molecule has 1 unspecified atom stereocenters. The summed E-state index contributed by atoms with van der Waals surface area (Å²) in [5, 5.41) is 0. The Morgan fingerprint density at radius 3 is 2.78 bits per heavy atom. The molecule has 2 heterocycles. The van der Waals surface area contributed by atoms with Gasteiger partial charge >= 0.3 is 0 Å². The Morgan fingerprint density at radius 1 is 1.50 bits per heavy atom. The third-order valence-corrected chi connectivity index (χ3v) is 4.75. The van der Waals surface area contributed by atoms with Crippen LogP contribution in [0.4, 0.5) is 0 Å². The third-order valence-electron chi connectivity index (χ3n) is 3.50. The van der Waals surface area contributed by atoms with Crippen LogP contribution < -0.4 is 5.73 Å². The molecule has 1 atom stereocenters. The molecule has 3 nitrogen and oxygen atoms in total. The number of ether oxygens (including phenoxy) is 2. The third kappa shape index (κ3) is 3.25. The molecule has 102 valence electrons. The van der Waals surface area contributed by atoms with Gasteiger partial charge in [0.1, 0.15) is 0 Å². The van der Waals surface area contributed by atoms with Crippen molar-refractivity contribution in [2.45, 2.75) is 37.8 Å². The highest BCUT2D eigenvalue weighted by Gasteiger charge is 2.39. The van der Waals surface area contributed by atoms with Crippen molar-refractivity contribution in [2.24, 2.45) is 5.73 Å². The first-order chi connectivity index (χ1) is 8.66. The lowest BCUT2D eigenvalue weighted by atomic mass is 9.84. The van der Waals surface area contributed by atoms with Crippen molar-refractivity contribution in [3.05, 3.63) is 21.3 Å². The second kappa shape index (κ2) is 6.35. The van der Waals surface area contributed by atoms with Gasteiger partial charge in [-0.05, 0) is 25.5 Å². The fraction of sp³-hybridized carbons (Fsp3) is 0.692. The van der Waals surface area contributed by atoms with Crippen LogP contribution in [0.1, 0.15) is 24.6 Å². The van der Waals surface area contributed by atoms with E-state index in [9.17, 15) is 0 Å². The standard InChI is InChI=1S/C13H20ClNO2S/c1-2-17-13(5-7-16-8-6-13)11(15)9-10-3-4-12(14)18-10/h3-4,11H,2,5-9,15H2,1H3. The summed E-state index contributed by atoms with van der Waals surface area (Å²) in [6.07, 6.45) is 2.57. The van der Waals surface area contributed by atoms with E-state index in [-0.39, 0.29) is 11.6 Å². The van der Waals surface area contributed by atoms with E-state index in [0.717, 1.165) is 36.8 Å². The Hall–Kier alpha value is -0.130. The van der Waals surface area contributed by atoms with Gasteiger partial charge in [0.25, 0.3) is 0 Å². The van der Waals surface area contributed by atoms with Gasteiger partial charge < -0.3 is 15.2 Å². The molecule has 0 saturated carbocycles. The van der Waals surface area contributed by atoms with Gasteiger partial charge in [0, 0.05) is 43.6 Å². The molecule has 0 spiro atoms. The van der Waals surface area contributed by atoms with Crippen LogP contribution in [-0.4, -0.2) is 31.5 Å². The van der Waals surface area contributed by atoms with Crippen LogP contribution in [0, 0.1) is 0 Å². The molecule has 1 aromatic rings.